The van der Waals surface area contributed by atoms with E-state index in [4.69, 9.17) is 0 Å². The molecule has 92 valence electrons. The highest BCUT2D eigenvalue weighted by molar-refractivity contribution is 5.97. The lowest BCUT2D eigenvalue weighted by Crippen LogP contribution is -2.07. The molecule has 2 rings (SSSR count). The number of aromatic nitrogens is 1. The first-order valence-electron chi connectivity index (χ1n) is 5.42. The van der Waals surface area contributed by atoms with E-state index in [0.717, 1.165) is 17.3 Å². The van der Waals surface area contributed by atoms with Crippen molar-refractivity contribution in [3.8, 4) is 11.1 Å². The molecule has 3 nitrogen and oxygen atoms in total. The van der Waals surface area contributed by atoms with E-state index in [0.29, 0.717) is 5.56 Å². The lowest BCUT2D eigenvalue weighted by molar-refractivity contribution is 0.0596. The standard InChI is InChI=1S/C14H12FNO2/c1-9-4-3-5-10(6-9)11-7-16-8-12(15)13(11)14(17)18-2/h3-8H,1-2H3. The van der Waals surface area contributed by atoms with Crippen LogP contribution in [0.5, 0.6) is 0 Å². The van der Waals surface area contributed by atoms with Gasteiger partial charge >= 0.3 is 5.97 Å². The van der Waals surface area contributed by atoms with E-state index >= 15 is 0 Å². The molecule has 0 fully saturated rings. The summed E-state index contributed by atoms with van der Waals surface area (Å²) in [4.78, 5) is 15.4. The number of nitrogens with zero attached hydrogens (tertiary/aromatic N) is 1. The zero-order chi connectivity index (χ0) is 13.1. The summed E-state index contributed by atoms with van der Waals surface area (Å²) in [5.74, 6) is -1.38. The van der Waals surface area contributed by atoms with Gasteiger partial charge in [0.05, 0.1) is 13.3 Å². The van der Waals surface area contributed by atoms with Crippen molar-refractivity contribution in [1.29, 1.82) is 0 Å². The molecule has 1 heterocycles. The Labute approximate surface area is 104 Å². The molecule has 0 spiro atoms. The molecular formula is C14H12FNO2. The third-order valence-electron chi connectivity index (χ3n) is 2.62. The predicted octanol–water partition coefficient (Wildman–Crippen LogP) is 2.98. The van der Waals surface area contributed by atoms with Crippen LogP contribution < -0.4 is 0 Å². The Balaban J connectivity index is 2.64. The van der Waals surface area contributed by atoms with Crippen molar-refractivity contribution < 1.29 is 13.9 Å². The molecule has 0 aliphatic heterocycles. The molecule has 0 radical (unpaired) electrons. The number of benzene rings is 1. The maximum Gasteiger partial charge on any atom is 0.341 e. The molecule has 0 atom stereocenters. The molecule has 4 heteroatoms. The lowest BCUT2D eigenvalue weighted by atomic mass is 10.0. The Morgan fingerprint density at radius 1 is 1.33 bits per heavy atom. The van der Waals surface area contributed by atoms with Gasteiger partial charge < -0.3 is 4.74 Å². The van der Waals surface area contributed by atoms with Gasteiger partial charge in [0.1, 0.15) is 5.56 Å². The second kappa shape index (κ2) is 4.96. The number of aryl methyl sites for hydroxylation is 1. The van der Waals surface area contributed by atoms with Gasteiger partial charge in [-0.15, -0.1) is 0 Å². The van der Waals surface area contributed by atoms with Crippen molar-refractivity contribution >= 4 is 5.97 Å². The molecule has 1 aromatic carbocycles. The number of halogens is 1. The second-order valence-corrected chi connectivity index (χ2v) is 3.90. The van der Waals surface area contributed by atoms with E-state index < -0.39 is 11.8 Å². The molecule has 0 aliphatic carbocycles. The Bertz CT molecular complexity index is 596. The van der Waals surface area contributed by atoms with Gasteiger partial charge in [0, 0.05) is 11.8 Å². The molecule has 2 aromatic rings. The fraction of sp³-hybridized carbons (Fsp3) is 0.143. The summed E-state index contributed by atoms with van der Waals surface area (Å²) in [6.45, 7) is 1.92. The summed E-state index contributed by atoms with van der Waals surface area (Å²) < 4.78 is 18.3. The van der Waals surface area contributed by atoms with E-state index in [-0.39, 0.29) is 5.56 Å². The zero-order valence-electron chi connectivity index (χ0n) is 10.1. The first-order chi connectivity index (χ1) is 8.63. The van der Waals surface area contributed by atoms with Crippen molar-refractivity contribution in [2.45, 2.75) is 6.92 Å². The van der Waals surface area contributed by atoms with Crippen LogP contribution in [0.15, 0.2) is 36.7 Å². The van der Waals surface area contributed by atoms with E-state index in [9.17, 15) is 9.18 Å². The first-order valence-corrected chi connectivity index (χ1v) is 5.42. The summed E-state index contributed by atoms with van der Waals surface area (Å²) in [5, 5.41) is 0. The lowest BCUT2D eigenvalue weighted by Gasteiger charge is -2.09. The normalized spacial score (nSPS) is 10.2. The van der Waals surface area contributed by atoms with E-state index in [1.807, 2.05) is 25.1 Å². The second-order valence-electron chi connectivity index (χ2n) is 3.90. The monoisotopic (exact) mass is 245 g/mol. The SMILES string of the molecule is COC(=O)c1c(F)cncc1-c1cccc(C)c1. The average Bonchev–Trinajstić information content (AvgIpc) is 2.37. The Morgan fingerprint density at radius 3 is 2.78 bits per heavy atom. The van der Waals surface area contributed by atoms with Gasteiger partial charge in [-0.3, -0.25) is 4.98 Å². The predicted molar refractivity (Wildman–Crippen MR) is 65.7 cm³/mol. The van der Waals surface area contributed by atoms with Crippen LogP contribution in [0.25, 0.3) is 11.1 Å². The van der Waals surface area contributed by atoms with Crippen LogP contribution in [0, 0.1) is 12.7 Å². The van der Waals surface area contributed by atoms with Crippen LogP contribution in [0.4, 0.5) is 4.39 Å². The quantitative estimate of drug-likeness (QED) is 0.763. The third kappa shape index (κ3) is 2.22. The highest BCUT2D eigenvalue weighted by Crippen LogP contribution is 2.26. The van der Waals surface area contributed by atoms with Crippen molar-refractivity contribution in [2.24, 2.45) is 0 Å². The van der Waals surface area contributed by atoms with Gasteiger partial charge in [-0.25, -0.2) is 9.18 Å². The minimum atomic E-state index is -0.702. The van der Waals surface area contributed by atoms with Gasteiger partial charge in [-0.2, -0.15) is 0 Å². The summed E-state index contributed by atoms with van der Waals surface area (Å²) >= 11 is 0. The van der Waals surface area contributed by atoms with Crippen LogP contribution in [0.3, 0.4) is 0 Å². The first kappa shape index (κ1) is 12.2. The molecular weight excluding hydrogens is 233 g/mol. The maximum absolute atomic E-state index is 13.7. The molecule has 0 saturated heterocycles. The minimum absolute atomic E-state index is 0.0851. The number of esters is 1. The van der Waals surface area contributed by atoms with E-state index in [2.05, 4.69) is 9.72 Å². The summed E-state index contributed by atoms with van der Waals surface area (Å²) in [5.41, 5.74) is 2.11. The molecule has 0 aliphatic rings. The fourth-order valence-corrected chi connectivity index (χ4v) is 1.78. The third-order valence-corrected chi connectivity index (χ3v) is 2.62. The number of carbonyl (C=O) groups excluding carboxylic acids is 1. The Kier molecular flexibility index (Phi) is 3.37. The minimum Gasteiger partial charge on any atom is -0.465 e. The molecule has 0 unspecified atom stereocenters. The molecule has 0 bridgehead atoms. The maximum atomic E-state index is 13.7. The van der Waals surface area contributed by atoms with Crippen LogP contribution in [-0.4, -0.2) is 18.1 Å². The van der Waals surface area contributed by atoms with E-state index in [1.165, 1.54) is 13.3 Å². The van der Waals surface area contributed by atoms with Crippen molar-refractivity contribution in [3.63, 3.8) is 0 Å². The summed E-state index contributed by atoms with van der Waals surface area (Å²) in [7, 11) is 1.22. The van der Waals surface area contributed by atoms with Gasteiger partial charge in [0.2, 0.25) is 0 Å². The van der Waals surface area contributed by atoms with Gasteiger partial charge in [-0.05, 0) is 12.5 Å². The van der Waals surface area contributed by atoms with Crippen LogP contribution >= 0.6 is 0 Å². The van der Waals surface area contributed by atoms with Gasteiger partial charge in [0.15, 0.2) is 5.82 Å². The van der Waals surface area contributed by atoms with Crippen molar-refractivity contribution in [2.75, 3.05) is 7.11 Å². The highest BCUT2D eigenvalue weighted by atomic mass is 19.1. The van der Waals surface area contributed by atoms with Crippen molar-refractivity contribution in [1.82, 2.24) is 4.98 Å². The van der Waals surface area contributed by atoms with Crippen LogP contribution in [-0.2, 0) is 4.74 Å². The summed E-state index contributed by atoms with van der Waals surface area (Å²) in [6, 6.07) is 7.43. The van der Waals surface area contributed by atoms with E-state index in [1.54, 1.807) is 6.07 Å². The largest absolute Gasteiger partial charge is 0.465 e. The molecule has 18 heavy (non-hydrogen) atoms. The number of hydrogen-bond donors (Lipinski definition) is 0. The Hall–Kier alpha value is -2.23. The average molecular weight is 245 g/mol. The number of hydrogen-bond acceptors (Lipinski definition) is 3. The molecule has 0 saturated carbocycles. The summed E-state index contributed by atoms with van der Waals surface area (Å²) in [6.07, 6.45) is 2.47. The highest BCUT2D eigenvalue weighted by Gasteiger charge is 2.18. The zero-order valence-corrected chi connectivity index (χ0v) is 10.1. The van der Waals surface area contributed by atoms with Crippen LogP contribution in [0.1, 0.15) is 15.9 Å². The van der Waals surface area contributed by atoms with Gasteiger partial charge in [0.25, 0.3) is 0 Å². The molecule has 0 N–H and O–H groups in total. The topological polar surface area (TPSA) is 39.2 Å². The number of ether oxygens (including phenoxy) is 1. The Morgan fingerprint density at radius 2 is 2.11 bits per heavy atom. The number of methoxy groups -OCH3 is 1. The smallest absolute Gasteiger partial charge is 0.341 e. The van der Waals surface area contributed by atoms with Gasteiger partial charge in [-0.1, -0.05) is 29.8 Å². The van der Waals surface area contributed by atoms with Crippen LogP contribution in [0.2, 0.25) is 0 Å². The fourth-order valence-electron chi connectivity index (χ4n) is 1.78. The molecule has 0 amide bonds. The number of rotatable bonds is 2. The number of pyridine rings is 1. The number of carbonyl (C=O) groups is 1. The molecule has 1 aromatic heterocycles. The van der Waals surface area contributed by atoms with Crippen molar-refractivity contribution in [3.05, 3.63) is 53.6 Å².